The Balaban J connectivity index is 2.03. The minimum atomic E-state index is -0.213. The topological polar surface area (TPSA) is 74.8 Å². The Kier molecular flexibility index (Phi) is 5.42. The number of aromatic nitrogens is 2. The molecule has 22 heavy (non-hydrogen) atoms. The normalized spacial score (nSPS) is 10.5. The van der Waals surface area contributed by atoms with Crippen LogP contribution in [-0.2, 0) is 4.79 Å². The van der Waals surface area contributed by atoms with Gasteiger partial charge in [-0.2, -0.15) is 0 Å². The Hall–Kier alpha value is -1.60. The van der Waals surface area contributed by atoms with Gasteiger partial charge in [-0.25, -0.2) is 4.98 Å². The molecule has 1 amide bonds. The van der Waals surface area contributed by atoms with E-state index in [1.54, 1.807) is 6.92 Å². The number of carbonyl (C=O) groups excluding carboxylic acids is 1. The van der Waals surface area contributed by atoms with Gasteiger partial charge in [0, 0.05) is 21.9 Å². The van der Waals surface area contributed by atoms with Crippen molar-refractivity contribution >= 4 is 39.3 Å². The summed E-state index contributed by atoms with van der Waals surface area (Å²) in [5, 5.41) is 3.35. The van der Waals surface area contributed by atoms with Gasteiger partial charge in [-0.1, -0.05) is 27.7 Å². The standard InChI is InChI=1S/C15H16BrN3O2S/c1-8-4-11(16)5-9(2)14(8)18-13(21)7-22-15-17-10(3)6-12(20)19-15/h4-6H,7H2,1-3H3,(H,18,21)(H,17,19,20). The fourth-order valence-electron chi connectivity index (χ4n) is 2.04. The lowest BCUT2D eigenvalue weighted by Gasteiger charge is -2.12. The third-order valence-electron chi connectivity index (χ3n) is 2.95. The summed E-state index contributed by atoms with van der Waals surface area (Å²) in [6.45, 7) is 5.63. The van der Waals surface area contributed by atoms with Crippen molar-refractivity contribution in [2.45, 2.75) is 25.9 Å². The molecule has 116 valence electrons. The van der Waals surface area contributed by atoms with E-state index in [0.717, 1.165) is 21.3 Å². The second kappa shape index (κ2) is 7.11. The molecule has 1 aromatic carbocycles. The first-order valence-electron chi connectivity index (χ1n) is 6.62. The number of hydrogen-bond acceptors (Lipinski definition) is 4. The number of nitrogens with one attached hydrogen (secondary N) is 2. The second-order valence-corrected chi connectivity index (χ2v) is 6.82. The third-order valence-corrected chi connectivity index (χ3v) is 4.28. The number of rotatable bonds is 4. The summed E-state index contributed by atoms with van der Waals surface area (Å²) in [6, 6.07) is 5.32. The molecule has 2 N–H and O–H groups in total. The molecule has 0 saturated heterocycles. The van der Waals surface area contributed by atoms with Crippen molar-refractivity contribution in [1.29, 1.82) is 0 Å². The molecule has 0 aliphatic heterocycles. The van der Waals surface area contributed by atoms with Gasteiger partial charge in [-0.15, -0.1) is 0 Å². The summed E-state index contributed by atoms with van der Waals surface area (Å²) in [5.41, 5.74) is 3.22. The van der Waals surface area contributed by atoms with Gasteiger partial charge in [0.1, 0.15) is 0 Å². The molecule has 0 fully saturated rings. The van der Waals surface area contributed by atoms with E-state index in [9.17, 15) is 9.59 Å². The van der Waals surface area contributed by atoms with Crippen LogP contribution in [-0.4, -0.2) is 21.6 Å². The molecule has 0 saturated carbocycles. The summed E-state index contributed by atoms with van der Waals surface area (Å²) in [5.74, 6) is 0.0455. The van der Waals surface area contributed by atoms with Crippen molar-refractivity contribution in [3.8, 4) is 0 Å². The van der Waals surface area contributed by atoms with E-state index in [0.29, 0.717) is 10.9 Å². The SMILES string of the molecule is Cc1cc(=O)[nH]c(SCC(=O)Nc2c(C)cc(Br)cc2C)n1. The van der Waals surface area contributed by atoms with Gasteiger partial charge in [0.15, 0.2) is 5.16 Å². The number of aromatic amines is 1. The molecule has 2 aromatic rings. The minimum absolute atomic E-state index is 0.136. The first-order valence-corrected chi connectivity index (χ1v) is 8.40. The van der Waals surface area contributed by atoms with Crippen LogP contribution >= 0.6 is 27.7 Å². The largest absolute Gasteiger partial charge is 0.325 e. The zero-order valence-electron chi connectivity index (χ0n) is 12.5. The monoisotopic (exact) mass is 381 g/mol. The highest BCUT2D eigenvalue weighted by Gasteiger charge is 2.10. The predicted molar refractivity (Wildman–Crippen MR) is 92.6 cm³/mol. The van der Waals surface area contributed by atoms with Gasteiger partial charge in [0.25, 0.3) is 5.56 Å². The lowest BCUT2D eigenvalue weighted by Crippen LogP contribution is -2.17. The molecule has 0 unspecified atom stereocenters. The van der Waals surface area contributed by atoms with E-state index in [2.05, 4.69) is 31.2 Å². The van der Waals surface area contributed by atoms with Gasteiger partial charge < -0.3 is 10.3 Å². The van der Waals surface area contributed by atoms with E-state index < -0.39 is 0 Å². The highest BCUT2D eigenvalue weighted by Crippen LogP contribution is 2.25. The zero-order chi connectivity index (χ0) is 16.3. The van der Waals surface area contributed by atoms with Crippen molar-refractivity contribution in [3.63, 3.8) is 0 Å². The number of benzene rings is 1. The Labute approximate surface area is 141 Å². The van der Waals surface area contributed by atoms with Crippen LogP contribution < -0.4 is 10.9 Å². The van der Waals surface area contributed by atoms with Crippen molar-refractivity contribution in [1.82, 2.24) is 9.97 Å². The highest BCUT2D eigenvalue weighted by atomic mass is 79.9. The molecule has 0 aliphatic carbocycles. The van der Waals surface area contributed by atoms with Gasteiger partial charge in [-0.05, 0) is 44.0 Å². The maximum Gasteiger partial charge on any atom is 0.251 e. The van der Waals surface area contributed by atoms with Crippen LogP contribution in [0.2, 0.25) is 0 Å². The molecule has 1 aromatic heterocycles. The van der Waals surface area contributed by atoms with Crippen molar-refractivity contribution in [2.75, 3.05) is 11.1 Å². The third kappa shape index (κ3) is 4.45. The van der Waals surface area contributed by atoms with Crippen molar-refractivity contribution in [3.05, 3.63) is 49.8 Å². The fourth-order valence-corrected chi connectivity index (χ4v) is 3.45. The van der Waals surface area contributed by atoms with Crippen molar-refractivity contribution < 1.29 is 4.79 Å². The summed E-state index contributed by atoms with van der Waals surface area (Å²) >= 11 is 4.63. The molecule has 5 nitrogen and oxygen atoms in total. The predicted octanol–water partition coefficient (Wildman–Crippen LogP) is 3.19. The van der Waals surface area contributed by atoms with E-state index in [4.69, 9.17) is 0 Å². The van der Waals surface area contributed by atoms with E-state index in [1.807, 2.05) is 26.0 Å². The van der Waals surface area contributed by atoms with Crippen LogP contribution in [0.25, 0.3) is 0 Å². The zero-order valence-corrected chi connectivity index (χ0v) is 14.9. The lowest BCUT2D eigenvalue weighted by atomic mass is 10.1. The summed E-state index contributed by atoms with van der Waals surface area (Å²) in [7, 11) is 0. The number of aryl methyl sites for hydroxylation is 3. The Morgan fingerprint density at radius 1 is 1.27 bits per heavy atom. The fraction of sp³-hybridized carbons (Fsp3) is 0.267. The van der Waals surface area contributed by atoms with E-state index in [1.165, 1.54) is 17.8 Å². The molecular weight excluding hydrogens is 366 g/mol. The number of anilines is 1. The maximum absolute atomic E-state index is 12.1. The Bertz CT molecular complexity index is 751. The van der Waals surface area contributed by atoms with Crippen LogP contribution in [0.3, 0.4) is 0 Å². The quantitative estimate of drug-likeness (QED) is 0.629. The first kappa shape index (κ1) is 16.8. The Morgan fingerprint density at radius 2 is 1.91 bits per heavy atom. The van der Waals surface area contributed by atoms with Crippen LogP contribution in [0, 0.1) is 20.8 Å². The van der Waals surface area contributed by atoms with Crippen molar-refractivity contribution in [2.24, 2.45) is 0 Å². The molecule has 0 spiro atoms. The number of carbonyl (C=O) groups is 1. The molecule has 0 atom stereocenters. The number of thioether (sulfide) groups is 1. The first-order chi connectivity index (χ1) is 10.3. The number of H-pyrrole nitrogens is 1. The number of nitrogens with zero attached hydrogens (tertiary/aromatic N) is 1. The summed E-state index contributed by atoms with van der Waals surface area (Å²) in [6.07, 6.45) is 0. The van der Waals surface area contributed by atoms with Gasteiger partial charge in [0.2, 0.25) is 5.91 Å². The van der Waals surface area contributed by atoms with Crippen LogP contribution in [0.5, 0.6) is 0 Å². The van der Waals surface area contributed by atoms with Crippen LogP contribution in [0.4, 0.5) is 5.69 Å². The number of amides is 1. The van der Waals surface area contributed by atoms with Crippen LogP contribution in [0.15, 0.2) is 32.6 Å². The van der Waals surface area contributed by atoms with E-state index in [-0.39, 0.29) is 17.2 Å². The van der Waals surface area contributed by atoms with Gasteiger partial charge >= 0.3 is 0 Å². The van der Waals surface area contributed by atoms with Crippen LogP contribution in [0.1, 0.15) is 16.8 Å². The molecule has 0 radical (unpaired) electrons. The van der Waals surface area contributed by atoms with Gasteiger partial charge in [0.05, 0.1) is 5.75 Å². The average Bonchev–Trinajstić information content (AvgIpc) is 2.39. The highest BCUT2D eigenvalue weighted by molar-refractivity contribution is 9.10. The molecular formula is C15H16BrN3O2S. The maximum atomic E-state index is 12.1. The van der Waals surface area contributed by atoms with Gasteiger partial charge in [-0.3, -0.25) is 9.59 Å². The minimum Gasteiger partial charge on any atom is -0.325 e. The molecule has 0 bridgehead atoms. The number of halogens is 1. The Morgan fingerprint density at radius 3 is 2.50 bits per heavy atom. The smallest absolute Gasteiger partial charge is 0.251 e. The summed E-state index contributed by atoms with van der Waals surface area (Å²) in [4.78, 5) is 30.2. The molecule has 1 heterocycles. The molecule has 0 aliphatic rings. The average molecular weight is 382 g/mol. The molecule has 7 heteroatoms. The lowest BCUT2D eigenvalue weighted by molar-refractivity contribution is -0.113. The summed E-state index contributed by atoms with van der Waals surface area (Å²) < 4.78 is 0.983. The second-order valence-electron chi connectivity index (χ2n) is 4.94. The number of hydrogen-bond donors (Lipinski definition) is 2. The molecule has 2 rings (SSSR count). The van der Waals surface area contributed by atoms with E-state index >= 15 is 0 Å².